The Bertz CT molecular complexity index is 609. The van der Waals surface area contributed by atoms with Gasteiger partial charge in [0.05, 0.1) is 28.7 Å². The number of hydrogen-bond acceptors (Lipinski definition) is 6. The van der Waals surface area contributed by atoms with Crippen LogP contribution in [0.2, 0.25) is 0 Å². The van der Waals surface area contributed by atoms with Crippen molar-refractivity contribution in [2.45, 2.75) is 19.9 Å². The van der Waals surface area contributed by atoms with Crippen LogP contribution in [0.15, 0.2) is 21.5 Å². The Kier molecular flexibility index (Phi) is 5.56. The third-order valence-electron chi connectivity index (χ3n) is 2.23. The number of ketones is 1. The monoisotopic (exact) mass is 346 g/mol. The molecule has 0 unspecified atom stereocenters. The summed E-state index contributed by atoms with van der Waals surface area (Å²) < 4.78 is 5.45. The third-order valence-corrected chi connectivity index (χ3v) is 2.80. The highest BCUT2D eigenvalue weighted by atomic mass is 79.9. The second kappa shape index (κ2) is 6.94. The van der Waals surface area contributed by atoms with Gasteiger partial charge in [-0.1, -0.05) is 0 Å². The zero-order valence-electron chi connectivity index (χ0n) is 10.5. The molecule has 1 aromatic heterocycles. The smallest absolute Gasteiger partial charge is 0.313 e. The highest BCUT2D eigenvalue weighted by molar-refractivity contribution is 9.10. The SMILES string of the molecule is CCOC(=O)CC(=O)Cn1cc([N+](=O)[O-])cc(Br)c1=O. The van der Waals surface area contributed by atoms with Crippen molar-refractivity contribution in [1.82, 2.24) is 4.57 Å². The van der Waals surface area contributed by atoms with E-state index in [9.17, 15) is 24.5 Å². The molecule has 1 aromatic rings. The number of aromatic nitrogens is 1. The number of pyridine rings is 1. The molecule has 0 aromatic carbocycles. The van der Waals surface area contributed by atoms with E-state index in [2.05, 4.69) is 20.7 Å². The number of rotatable bonds is 6. The van der Waals surface area contributed by atoms with Gasteiger partial charge in [0.15, 0.2) is 5.78 Å². The Morgan fingerprint density at radius 3 is 2.70 bits per heavy atom. The maximum atomic E-state index is 11.7. The van der Waals surface area contributed by atoms with Crippen LogP contribution in [0.5, 0.6) is 0 Å². The van der Waals surface area contributed by atoms with Crippen LogP contribution in [0.1, 0.15) is 13.3 Å². The zero-order chi connectivity index (χ0) is 15.3. The first kappa shape index (κ1) is 16.0. The van der Waals surface area contributed by atoms with Crippen LogP contribution < -0.4 is 5.56 Å². The molecule has 8 nitrogen and oxygen atoms in total. The van der Waals surface area contributed by atoms with Crippen LogP contribution >= 0.6 is 15.9 Å². The lowest BCUT2D eigenvalue weighted by Gasteiger charge is -2.05. The van der Waals surface area contributed by atoms with Gasteiger partial charge in [0, 0.05) is 6.07 Å². The van der Waals surface area contributed by atoms with E-state index >= 15 is 0 Å². The van der Waals surface area contributed by atoms with Crippen molar-refractivity contribution in [3.8, 4) is 0 Å². The first-order valence-electron chi connectivity index (χ1n) is 5.56. The van der Waals surface area contributed by atoms with E-state index in [4.69, 9.17) is 0 Å². The van der Waals surface area contributed by atoms with Crippen molar-refractivity contribution < 1.29 is 19.2 Å². The molecule has 0 atom stereocenters. The zero-order valence-corrected chi connectivity index (χ0v) is 12.1. The van der Waals surface area contributed by atoms with Crippen LogP contribution in [0.3, 0.4) is 0 Å². The summed E-state index contributed by atoms with van der Waals surface area (Å²) >= 11 is 2.89. The number of carbonyl (C=O) groups excluding carboxylic acids is 2. The van der Waals surface area contributed by atoms with E-state index in [-0.39, 0.29) is 16.8 Å². The molecule has 108 valence electrons. The van der Waals surface area contributed by atoms with E-state index in [1.165, 1.54) is 0 Å². The molecule has 1 heterocycles. The molecule has 20 heavy (non-hydrogen) atoms. The molecule has 1 rings (SSSR count). The van der Waals surface area contributed by atoms with E-state index in [0.29, 0.717) is 0 Å². The normalized spacial score (nSPS) is 10.1. The number of ether oxygens (including phenoxy) is 1. The van der Waals surface area contributed by atoms with Crippen LogP contribution in [0, 0.1) is 10.1 Å². The summed E-state index contributed by atoms with van der Waals surface area (Å²) in [6.45, 7) is 1.32. The molecule has 0 amide bonds. The summed E-state index contributed by atoms with van der Waals surface area (Å²) in [5.41, 5.74) is -0.923. The van der Waals surface area contributed by atoms with Gasteiger partial charge in [0.2, 0.25) is 0 Å². The molecule has 0 aliphatic heterocycles. The summed E-state index contributed by atoms with van der Waals surface area (Å²) in [6, 6.07) is 1.05. The van der Waals surface area contributed by atoms with Gasteiger partial charge in [-0.3, -0.25) is 24.5 Å². The number of nitro groups is 1. The summed E-state index contributed by atoms with van der Waals surface area (Å²) in [7, 11) is 0. The Labute approximate surface area is 121 Å². The third kappa shape index (κ3) is 4.26. The molecular weight excluding hydrogens is 336 g/mol. The van der Waals surface area contributed by atoms with Crippen molar-refractivity contribution >= 4 is 33.4 Å². The Balaban J connectivity index is 2.92. The molecule has 0 saturated carbocycles. The van der Waals surface area contributed by atoms with Gasteiger partial charge in [0.25, 0.3) is 11.2 Å². The molecule has 0 saturated heterocycles. The first-order chi connectivity index (χ1) is 9.35. The Morgan fingerprint density at radius 2 is 2.15 bits per heavy atom. The van der Waals surface area contributed by atoms with E-state index in [1.54, 1.807) is 6.92 Å². The van der Waals surface area contributed by atoms with Gasteiger partial charge in [0.1, 0.15) is 6.42 Å². The molecule has 0 bridgehead atoms. The highest BCUT2D eigenvalue weighted by Crippen LogP contribution is 2.14. The predicted octanol–water partition coefficient (Wildman–Crippen LogP) is 1.04. The van der Waals surface area contributed by atoms with Crippen molar-refractivity contribution in [3.05, 3.63) is 37.2 Å². The second-order valence-electron chi connectivity index (χ2n) is 3.76. The molecule has 0 N–H and O–H groups in total. The fraction of sp³-hybridized carbons (Fsp3) is 0.364. The van der Waals surface area contributed by atoms with Gasteiger partial charge in [-0.25, -0.2) is 0 Å². The lowest BCUT2D eigenvalue weighted by atomic mass is 10.2. The number of hydrogen-bond donors (Lipinski definition) is 0. The Hall–Kier alpha value is -2.03. The largest absolute Gasteiger partial charge is 0.466 e. The first-order valence-corrected chi connectivity index (χ1v) is 6.36. The molecular formula is C11H11BrN2O6. The van der Waals surface area contributed by atoms with E-state index in [1.807, 2.05) is 0 Å². The van der Waals surface area contributed by atoms with Crippen LogP contribution in [0.25, 0.3) is 0 Å². The summed E-state index contributed by atoms with van der Waals surface area (Å²) in [5.74, 6) is -1.27. The lowest BCUT2D eigenvalue weighted by molar-refractivity contribution is -0.385. The molecule has 9 heteroatoms. The van der Waals surface area contributed by atoms with Gasteiger partial charge in [-0.05, 0) is 22.9 Å². The number of carbonyl (C=O) groups is 2. The number of esters is 1. The van der Waals surface area contributed by atoms with Gasteiger partial charge in [-0.2, -0.15) is 0 Å². The number of Topliss-reactive ketones (excluding diaryl/α,β-unsaturated/α-hetero) is 1. The Morgan fingerprint density at radius 1 is 1.50 bits per heavy atom. The summed E-state index contributed by atoms with van der Waals surface area (Å²) in [6.07, 6.45) is 0.469. The molecule has 0 radical (unpaired) electrons. The van der Waals surface area contributed by atoms with Crippen LogP contribution in [-0.4, -0.2) is 27.8 Å². The maximum Gasteiger partial charge on any atom is 0.313 e. The lowest BCUT2D eigenvalue weighted by Crippen LogP contribution is -2.26. The van der Waals surface area contributed by atoms with Crippen molar-refractivity contribution in [1.29, 1.82) is 0 Å². The predicted molar refractivity (Wildman–Crippen MR) is 71.3 cm³/mol. The average Bonchev–Trinajstić information content (AvgIpc) is 2.34. The van der Waals surface area contributed by atoms with Crippen molar-refractivity contribution in [2.24, 2.45) is 0 Å². The fourth-order valence-electron chi connectivity index (χ4n) is 1.42. The van der Waals surface area contributed by atoms with Crippen LogP contribution in [-0.2, 0) is 20.9 Å². The number of halogens is 1. The van der Waals surface area contributed by atoms with Gasteiger partial charge >= 0.3 is 5.97 Å². The molecule has 0 fully saturated rings. The topological polar surface area (TPSA) is 109 Å². The highest BCUT2D eigenvalue weighted by Gasteiger charge is 2.16. The van der Waals surface area contributed by atoms with Crippen LogP contribution in [0.4, 0.5) is 5.69 Å². The second-order valence-corrected chi connectivity index (χ2v) is 4.61. The van der Waals surface area contributed by atoms with Gasteiger partial charge in [-0.15, -0.1) is 0 Å². The van der Waals surface area contributed by atoms with Crippen molar-refractivity contribution in [2.75, 3.05) is 6.61 Å². The summed E-state index contributed by atoms with van der Waals surface area (Å²) in [5, 5.41) is 10.7. The minimum Gasteiger partial charge on any atom is -0.466 e. The maximum absolute atomic E-state index is 11.7. The van der Waals surface area contributed by atoms with Crippen molar-refractivity contribution in [3.63, 3.8) is 0 Å². The standard InChI is InChI=1S/C11H11BrN2O6/c1-2-20-10(16)4-8(15)6-13-5-7(14(18)19)3-9(12)11(13)17/h3,5H,2,4,6H2,1H3. The van der Waals surface area contributed by atoms with Gasteiger partial charge < -0.3 is 9.30 Å². The van der Waals surface area contributed by atoms with E-state index in [0.717, 1.165) is 16.8 Å². The minimum absolute atomic E-state index is 0.0318. The van der Waals surface area contributed by atoms with E-state index < -0.39 is 35.2 Å². The quantitative estimate of drug-likeness (QED) is 0.329. The fourth-order valence-corrected chi connectivity index (χ4v) is 1.88. The average molecular weight is 347 g/mol. The molecule has 0 aliphatic rings. The molecule has 0 spiro atoms. The number of nitrogens with zero attached hydrogens (tertiary/aromatic N) is 2. The minimum atomic E-state index is -0.699. The summed E-state index contributed by atoms with van der Waals surface area (Å²) in [4.78, 5) is 44.4. The molecule has 0 aliphatic carbocycles.